The summed E-state index contributed by atoms with van der Waals surface area (Å²) in [6, 6.07) is -0.0417. The molecule has 304 valence electrons. The zero-order valence-electron chi connectivity index (χ0n) is 32.8. The molecular formula is C40H68N8O6. The van der Waals surface area contributed by atoms with E-state index in [1.165, 1.54) is 38.5 Å². The molecule has 7 saturated carbocycles. The molecule has 0 aromatic carbocycles. The van der Waals surface area contributed by atoms with E-state index in [4.69, 9.17) is 21.1 Å². The summed E-state index contributed by atoms with van der Waals surface area (Å²) in [4.78, 5) is 67.7. The van der Waals surface area contributed by atoms with E-state index < -0.39 is 0 Å². The molecular weight excluding hydrogens is 688 g/mol. The minimum absolute atomic E-state index is 0.0209. The lowest BCUT2D eigenvalue weighted by atomic mass is 9.54. The monoisotopic (exact) mass is 757 g/mol. The number of nitrogens with zero attached hydrogens (tertiary/aromatic N) is 4. The topological polar surface area (TPSA) is 176 Å². The standard InChI is InChI=1S/C40H68N8O6/c41-27-37-7-13-39(14-8-37,15-9-37)29-43-35(51)45-19-23-47(24-20-45)53-33(49)31-3-1-4-32(6-2-5-31)34(50)54-48-25-21-46(22-26-48)36(52)44-30-40-16-10-38(28-42,11-17-40)12-18-40/h31-32H,1-30,41-42H2,(H,43,51)(H,44,52). The van der Waals surface area contributed by atoms with E-state index in [2.05, 4.69) is 10.6 Å². The summed E-state index contributed by atoms with van der Waals surface area (Å²) in [7, 11) is 0. The molecule has 6 N–H and O–H groups in total. The Kier molecular flexibility index (Phi) is 12.3. The zero-order valence-corrected chi connectivity index (χ0v) is 32.8. The van der Waals surface area contributed by atoms with Crippen LogP contribution in [0.1, 0.15) is 116 Å². The Morgan fingerprint density at radius 2 is 0.778 bits per heavy atom. The SMILES string of the molecule is NCC12CCC(CNC(=O)N3CCN(OC(=O)C4CCCC(C(=O)ON5CCN(C(=O)NCC67CCC(CN)(CC6)CC7)CC5)CCC4)CC3)(CC1)CC2. The highest BCUT2D eigenvalue weighted by atomic mass is 16.7. The molecule has 9 aliphatic rings. The largest absolute Gasteiger partial charge is 0.368 e. The summed E-state index contributed by atoms with van der Waals surface area (Å²) in [5, 5.41) is 9.86. The van der Waals surface area contributed by atoms with Crippen LogP contribution in [0.2, 0.25) is 0 Å². The number of hydrogen-bond donors (Lipinski definition) is 4. The van der Waals surface area contributed by atoms with E-state index in [1.807, 2.05) is 9.80 Å². The fourth-order valence-electron chi connectivity index (χ4n) is 10.9. The Bertz CT molecular complexity index is 1190. The summed E-state index contributed by atoms with van der Waals surface area (Å²) in [5.74, 6) is -0.796. The molecule has 2 aliphatic heterocycles. The second kappa shape index (κ2) is 16.8. The Hall–Kier alpha value is -2.68. The third kappa shape index (κ3) is 8.97. The van der Waals surface area contributed by atoms with Crippen LogP contribution in [-0.4, -0.2) is 122 Å². The minimum atomic E-state index is -0.205. The maximum absolute atomic E-state index is 13.2. The highest BCUT2D eigenvalue weighted by Crippen LogP contribution is 2.57. The molecule has 0 aromatic heterocycles. The van der Waals surface area contributed by atoms with E-state index in [0.717, 1.165) is 77.5 Å². The molecule has 0 spiro atoms. The predicted octanol–water partition coefficient (Wildman–Crippen LogP) is 3.74. The van der Waals surface area contributed by atoms with Gasteiger partial charge in [-0.1, -0.05) is 12.8 Å². The van der Waals surface area contributed by atoms with Crippen molar-refractivity contribution in [3.05, 3.63) is 0 Å². The number of carbonyl (C=O) groups is 4. The van der Waals surface area contributed by atoms with Crippen molar-refractivity contribution in [2.45, 2.75) is 116 Å². The Labute approximate surface area is 322 Å². The number of nitrogens with one attached hydrogen (secondary N) is 2. The number of hydrogen-bond acceptors (Lipinski definition) is 10. The van der Waals surface area contributed by atoms with Gasteiger partial charge in [-0.15, -0.1) is 10.1 Å². The third-order valence-corrected chi connectivity index (χ3v) is 15.6. The van der Waals surface area contributed by atoms with Crippen LogP contribution in [0.3, 0.4) is 0 Å². The van der Waals surface area contributed by atoms with E-state index in [1.54, 1.807) is 10.1 Å². The zero-order chi connectivity index (χ0) is 37.8. The van der Waals surface area contributed by atoms with Gasteiger partial charge in [0, 0.05) is 39.3 Å². The van der Waals surface area contributed by atoms with Crippen molar-refractivity contribution in [2.75, 3.05) is 78.5 Å². The van der Waals surface area contributed by atoms with Gasteiger partial charge >= 0.3 is 24.0 Å². The van der Waals surface area contributed by atoms with Crippen molar-refractivity contribution >= 4 is 24.0 Å². The molecule has 2 heterocycles. The van der Waals surface area contributed by atoms with Gasteiger partial charge in [0.05, 0.1) is 38.0 Å². The number of hydroxylamine groups is 4. The van der Waals surface area contributed by atoms with Crippen LogP contribution in [0, 0.1) is 33.5 Å². The van der Waals surface area contributed by atoms with Crippen molar-refractivity contribution in [1.29, 1.82) is 0 Å². The molecule has 9 fully saturated rings. The van der Waals surface area contributed by atoms with Gasteiger partial charge in [0.15, 0.2) is 0 Å². The van der Waals surface area contributed by atoms with Gasteiger partial charge in [-0.05, 0) is 137 Å². The summed E-state index contributed by atoms with van der Waals surface area (Å²) >= 11 is 0. The number of rotatable bonds is 10. The molecule has 0 unspecified atom stereocenters. The van der Waals surface area contributed by atoms with Crippen molar-refractivity contribution in [1.82, 2.24) is 30.6 Å². The van der Waals surface area contributed by atoms with E-state index >= 15 is 0 Å². The van der Waals surface area contributed by atoms with Crippen LogP contribution >= 0.6 is 0 Å². The number of amides is 4. The van der Waals surface area contributed by atoms with Crippen molar-refractivity contribution < 1.29 is 28.9 Å². The first-order valence-electron chi connectivity index (χ1n) is 21.5. The van der Waals surface area contributed by atoms with Crippen LogP contribution in [0.25, 0.3) is 0 Å². The number of urea groups is 2. The van der Waals surface area contributed by atoms with Crippen LogP contribution in [-0.2, 0) is 19.3 Å². The Balaban J connectivity index is 0.749. The summed E-state index contributed by atoms with van der Waals surface area (Å²) < 4.78 is 0. The van der Waals surface area contributed by atoms with Gasteiger partial charge in [0.2, 0.25) is 0 Å². The second-order valence-electron chi connectivity index (χ2n) is 18.6. The van der Waals surface area contributed by atoms with Crippen LogP contribution in [0.5, 0.6) is 0 Å². The van der Waals surface area contributed by atoms with E-state index in [-0.39, 0.29) is 46.7 Å². The summed E-state index contributed by atoms with van der Waals surface area (Å²) in [5.41, 5.74) is 13.3. The molecule has 14 heteroatoms. The Morgan fingerprint density at radius 1 is 0.481 bits per heavy atom. The van der Waals surface area contributed by atoms with Crippen molar-refractivity contribution in [3.63, 3.8) is 0 Å². The van der Waals surface area contributed by atoms with E-state index in [9.17, 15) is 19.2 Å². The number of piperazine rings is 2. The first-order chi connectivity index (χ1) is 26.1. The smallest absolute Gasteiger partial charge is 0.328 e. The highest BCUT2D eigenvalue weighted by Gasteiger charge is 2.49. The van der Waals surface area contributed by atoms with Crippen LogP contribution < -0.4 is 22.1 Å². The fourth-order valence-corrected chi connectivity index (χ4v) is 10.9. The molecule has 9 rings (SSSR count). The third-order valence-electron chi connectivity index (χ3n) is 15.6. The molecule has 0 aromatic rings. The number of carbonyl (C=O) groups excluding carboxylic acids is 4. The average Bonchev–Trinajstić information content (AvgIpc) is 3.21. The molecule has 54 heavy (non-hydrogen) atoms. The molecule has 2 saturated heterocycles. The summed E-state index contributed by atoms with van der Waals surface area (Å²) in [6.45, 7) is 7.12. The van der Waals surface area contributed by atoms with Gasteiger partial charge in [-0.3, -0.25) is 9.59 Å². The maximum atomic E-state index is 13.2. The number of nitrogens with two attached hydrogens (primary N) is 2. The molecule has 0 radical (unpaired) electrons. The normalized spacial score (nSPS) is 36.2. The molecule has 4 amide bonds. The fraction of sp³-hybridized carbons (Fsp3) is 0.900. The van der Waals surface area contributed by atoms with Gasteiger partial charge in [0.1, 0.15) is 0 Å². The van der Waals surface area contributed by atoms with Gasteiger partial charge in [-0.25, -0.2) is 9.59 Å². The summed E-state index contributed by atoms with van der Waals surface area (Å²) in [6.07, 6.45) is 18.2. The molecule has 7 aliphatic carbocycles. The number of fused-ring (bicyclic) bond motifs is 6. The maximum Gasteiger partial charge on any atom is 0.328 e. The second-order valence-corrected chi connectivity index (χ2v) is 18.6. The van der Waals surface area contributed by atoms with Crippen molar-refractivity contribution in [3.8, 4) is 0 Å². The molecule has 4 bridgehead atoms. The lowest BCUT2D eigenvalue weighted by Gasteiger charge is -2.53. The quantitative estimate of drug-likeness (QED) is 0.257. The predicted molar refractivity (Wildman–Crippen MR) is 203 cm³/mol. The van der Waals surface area contributed by atoms with Gasteiger partial charge < -0.3 is 41.6 Å². The van der Waals surface area contributed by atoms with Gasteiger partial charge in [-0.2, -0.15) is 0 Å². The molecule has 0 atom stereocenters. The lowest BCUT2D eigenvalue weighted by molar-refractivity contribution is -0.203. The van der Waals surface area contributed by atoms with Gasteiger partial charge in [0.25, 0.3) is 0 Å². The molecule has 14 nitrogen and oxygen atoms in total. The average molecular weight is 757 g/mol. The minimum Gasteiger partial charge on any atom is -0.368 e. The first kappa shape index (κ1) is 39.6. The highest BCUT2D eigenvalue weighted by molar-refractivity contribution is 5.75. The first-order valence-corrected chi connectivity index (χ1v) is 21.5. The van der Waals surface area contributed by atoms with E-state index in [0.29, 0.717) is 88.9 Å². The lowest BCUT2D eigenvalue weighted by Crippen LogP contribution is -2.55. The Morgan fingerprint density at radius 3 is 1.07 bits per heavy atom. The van der Waals surface area contributed by atoms with Crippen molar-refractivity contribution in [2.24, 2.45) is 45.0 Å². The van der Waals surface area contributed by atoms with Crippen LogP contribution in [0.4, 0.5) is 9.59 Å². The van der Waals surface area contributed by atoms with Crippen LogP contribution in [0.15, 0.2) is 0 Å².